The number of carboxylic acid groups (broad SMARTS) is 1. The number of aromatic carboxylic acids is 1. The molecule has 24 heavy (non-hydrogen) atoms. The fourth-order valence-electron chi connectivity index (χ4n) is 3.59. The number of hydrogen-bond donors (Lipinski definition) is 2. The Labute approximate surface area is 140 Å². The van der Waals surface area contributed by atoms with Crippen molar-refractivity contribution in [3.8, 4) is 0 Å². The maximum absolute atomic E-state index is 11.4. The van der Waals surface area contributed by atoms with E-state index in [1.807, 2.05) is 42.5 Å². The van der Waals surface area contributed by atoms with E-state index in [2.05, 4.69) is 35.3 Å². The number of carbonyl (C=O) groups is 1. The summed E-state index contributed by atoms with van der Waals surface area (Å²) in [4.78, 5) is 14.6. The SMILES string of the molecule is O=C(O)c1c[nH]c2c1C=CC(c1ccccc1)(c1ccccc1)C2. The van der Waals surface area contributed by atoms with E-state index in [0.29, 0.717) is 12.0 Å². The molecule has 0 bridgehead atoms. The number of allylic oxidation sites excluding steroid dienone is 1. The number of nitrogens with one attached hydrogen (secondary N) is 1. The number of H-pyrrole nitrogens is 1. The van der Waals surface area contributed by atoms with Gasteiger partial charge in [0.1, 0.15) is 0 Å². The molecular formula is C21H17NO2. The molecule has 0 fully saturated rings. The van der Waals surface area contributed by atoms with Crippen molar-refractivity contribution in [3.05, 3.63) is 101 Å². The second-order valence-electron chi connectivity index (χ2n) is 6.11. The Morgan fingerprint density at radius 1 is 0.958 bits per heavy atom. The lowest BCUT2D eigenvalue weighted by molar-refractivity contribution is 0.0697. The lowest BCUT2D eigenvalue weighted by atomic mass is 9.68. The minimum Gasteiger partial charge on any atom is -0.478 e. The van der Waals surface area contributed by atoms with E-state index in [4.69, 9.17) is 0 Å². The van der Waals surface area contributed by atoms with Crippen molar-refractivity contribution in [2.24, 2.45) is 0 Å². The molecule has 0 radical (unpaired) electrons. The molecule has 1 heterocycles. The van der Waals surface area contributed by atoms with Gasteiger partial charge in [-0.05, 0) is 11.1 Å². The van der Waals surface area contributed by atoms with Gasteiger partial charge in [-0.1, -0.05) is 72.8 Å². The number of hydrogen-bond acceptors (Lipinski definition) is 1. The third kappa shape index (κ3) is 2.17. The third-order valence-electron chi connectivity index (χ3n) is 4.80. The summed E-state index contributed by atoms with van der Waals surface area (Å²) >= 11 is 0. The van der Waals surface area contributed by atoms with Gasteiger partial charge < -0.3 is 10.1 Å². The molecule has 3 heteroatoms. The van der Waals surface area contributed by atoms with E-state index in [-0.39, 0.29) is 5.41 Å². The highest BCUT2D eigenvalue weighted by Crippen LogP contribution is 2.41. The van der Waals surface area contributed by atoms with Crippen LogP contribution in [-0.4, -0.2) is 16.1 Å². The Morgan fingerprint density at radius 2 is 1.54 bits per heavy atom. The van der Waals surface area contributed by atoms with E-state index in [9.17, 15) is 9.90 Å². The molecule has 2 N–H and O–H groups in total. The van der Waals surface area contributed by atoms with Crippen molar-refractivity contribution in [1.82, 2.24) is 4.98 Å². The number of fused-ring (bicyclic) bond motifs is 1. The first-order valence-corrected chi connectivity index (χ1v) is 7.94. The van der Waals surface area contributed by atoms with Crippen LogP contribution in [0, 0.1) is 0 Å². The number of aromatic nitrogens is 1. The van der Waals surface area contributed by atoms with Gasteiger partial charge in [0.05, 0.1) is 5.56 Å². The van der Waals surface area contributed by atoms with Gasteiger partial charge in [0.15, 0.2) is 0 Å². The Balaban J connectivity index is 1.90. The summed E-state index contributed by atoms with van der Waals surface area (Å²) in [5.74, 6) is -0.899. The highest BCUT2D eigenvalue weighted by Gasteiger charge is 2.36. The molecule has 3 aromatic rings. The van der Waals surface area contributed by atoms with Crippen LogP contribution in [0.5, 0.6) is 0 Å². The zero-order chi connectivity index (χ0) is 16.6. The normalized spacial score (nSPS) is 15.0. The van der Waals surface area contributed by atoms with E-state index in [0.717, 1.165) is 11.3 Å². The van der Waals surface area contributed by atoms with Gasteiger partial charge in [-0.2, -0.15) is 0 Å². The summed E-state index contributed by atoms with van der Waals surface area (Å²) < 4.78 is 0. The molecule has 0 aliphatic heterocycles. The fraction of sp³-hybridized carbons (Fsp3) is 0.0952. The van der Waals surface area contributed by atoms with Crippen molar-refractivity contribution in [3.63, 3.8) is 0 Å². The number of aromatic amines is 1. The van der Waals surface area contributed by atoms with Gasteiger partial charge in [-0.25, -0.2) is 4.79 Å². The summed E-state index contributed by atoms with van der Waals surface area (Å²) in [6.07, 6.45) is 6.38. The van der Waals surface area contributed by atoms with Crippen molar-refractivity contribution >= 4 is 12.0 Å². The number of benzene rings is 2. The van der Waals surface area contributed by atoms with E-state index >= 15 is 0 Å². The van der Waals surface area contributed by atoms with Gasteiger partial charge in [0.2, 0.25) is 0 Å². The van der Waals surface area contributed by atoms with Crippen LogP contribution < -0.4 is 0 Å². The summed E-state index contributed by atoms with van der Waals surface area (Å²) in [5.41, 5.74) is 4.17. The number of carboxylic acids is 1. The Hall–Kier alpha value is -3.07. The quantitative estimate of drug-likeness (QED) is 0.758. The van der Waals surface area contributed by atoms with Gasteiger partial charge in [-0.15, -0.1) is 0 Å². The Morgan fingerprint density at radius 3 is 2.08 bits per heavy atom. The van der Waals surface area contributed by atoms with Crippen molar-refractivity contribution in [1.29, 1.82) is 0 Å². The molecule has 0 amide bonds. The topological polar surface area (TPSA) is 53.1 Å². The van der Waals surface area contributed by atoms with Crippen LogP contribution in [0.4, 0.5) is 0 Å². The van der Waals surface area contributed by atoms with Crippen LogP contribution in [0.2, 0.25) is 0 Å². The van der Waals surface area contributed by atoms with Crippen LogP contribution in [0.1, 0.15) is 32.7 Å². The molecule has 2 aromatic carbocycles. The summed E-state index contributed by atoms with van der Waals surface area (Å²) in [7, 11) is 0. The standard InChI is InChI=1S/C21H17NO2/c23-20(24)18-14-22-19-13-21(12-11-17(18)19,15-7-3-1-4-8-15)16-9-5-2-6-10-16/h1-12,14,22H,13H2,(H,23,24). The van der Waals surface area contributed by atoms with Crippen LogP contribution in [0.3, 0.4) is 0 Å². The number of rotatable bonds is 3. The van der Waals surface area contributed by atoms with E-state index in [1.165, 1.54) is 11.1 Å². The molecule has 3 nitrogen and oxygen atoms in total. The van der Waals surface area contributed by atoms with Gasteiger partial charge in [0, 0.05) is 29.3 Å². The highest BCUT2D eigenvalue weighted by atomic mass is 16.4. The zero-order valence-corrected chi connectivity index (χ0v) is 13.1. The van der Waals surface area contributed by atoms with Crippen LogP contribution in [0.25, 0.3) is 6.08 Å². The van der Waals surface area contributed by atoms with Crippen LogP contribution >= 0.6 is 0 Å². The molecule has 0 unspecified atom stereocenters. The second kappa shape index (κ2) is 5.53. The van der Waals surface area contributed by atoms with E-state index < -0.39 is 5.97 Å². The maximum Gasteiger partial charge on any atom is 0.337 e. The highest BCUT2D eigenvalue weighted by molar-refractivity contribution is 5.93. The van der Waals surface area contributed by atoms with Crippen molar-refractivity contribution in [2.45, 2.75) is 11.8 Å². The average molecular weight is 315 g/mol. The largest absolute Gasteiger partial charge is 0.478 e. The van der Waals surface area contributed by atoms with Crippen molar-refractivity contribution in [2.75, 3.05) is 0 Å². The van der Waals surface area contributed by atoms with Crippen LogP contribution in [0.15, 0.2) is 72.9 Å². The third-order valence-corrected chi connectivity index (χ3v) is 4.80. The predicted octanol–water partition coefficient (Wildman–Crippen LogP) is 4.27. The van der Waals surface area contributed by atoms with Crippen LogP contribution in [-0.2, 0) is 11.8 Å². The summed E-state index contributed by atoms with van der Waals surface area (Å²) in [6.45, 7) is 0. The minimum absolute atomic E-state index is 0.295. The molecule has 0 atom stereocenters. The zero-order valence-electron chi connectivity index (χ0n) is 13.1. The molecule has 0 saturated carbocycles. The molecular weight excluding hydrogens is 298 g/mol. The lowest BCUT2D eigenvalue weighted by Crippen LogP contribution is -2.30. The molecule has 1 aliphatic carbocycles. The Kier molecular flexibility index (Phi) is 3.35. The Bertz CT molecular complexity index is 868. The first kappa shape index (κ1) is 14.5. The fourth-order valence-corrected chi connectivity index (χ4v) is 3.59. The molecule has 0 spiro atoms. The van der Waals surface area contributed by atoms with Crippen molar-refractivity contribution < 1.29 is 9.90 Å². The minimum atomic E-state index is -0.899. The second-order valence-corrected chi connectivity index (χ2v) is 6.11. The molecule has 1 aromatic heterocycles. The molecule has 0 saturated heterocycles. The summed E-state index contributed by atoms with van der Waals surface area (Å²) in [6, 6.07) is 20.7. The lowest BCUT2D eigenvalue weighted by Gasteiger charge is -2.34. The first-order valence-electron chi connectivity index (χ1n) is 7.94. The summed E-state index contributed by atoms with van der Waals surface area (Å²) in [5, 5.41) is 9.34. The monoisotopic (exact) mass is 315 g/mol. The molecule has 4 rings (SSSR count). The molecule has 1 aliphatic rings. The van der Waals surface area contributed by atoms with Gasteiger partial charge >= 0.3 is 5.97 Å². The maximum atomic E-state index is 11.4. The van der Waals surface area contributed by atoms with E-state index in [1.54, 1.807) is 6.20 Å². The smallest absolute Gasteiger partial charge is 0.337 e. The first-order chi connectivity index (χ1) is 11.7. The average Bonchev–Trinajstić information content (AvgIpc) is 3.06. The van der Waals surface area contributed by atoms with Gasteiger partial charge in [0.25, 0.3) is 0 Å². The molecule has 118 valence electrons. The predicted molar refractivity (Wildman–Crippen MR) is 94.2 cm³/mol. The van der Waals surface area contributed by atoms with Gasteiger partial charge in [-0.3, -0.25) is 0 Å².